The van der Waals surface area contributed by atoms with Gasteiger partial charge in [0.2, 0.25) is 5.91 Å². The predicted molar refractivity (Wildman–Crippen MR) is 81.0 cm³/mol. The van der Waals surface area contributed by atoms with E-state index in [-0.39, 0.29) is 23.9 Å². The summed E-state index contributed by atoms with van der Waals surface area (Å²) in [6, 6.07) is 0. The quantitative estimate of drug-likeness (QED) is 0.717. The van der Waals surface area contributed by atoms with Crippen molar-refractivity contribution in [1.82, 2.24) is 5.32 Å². The van der Waals surface area contributed by atoms with Crippen LogP contribution in [0.3, 0.4) is 0 Å². The summed E-state index contributed by atoms with van der Waals surface area (Å²) >= 11 is 0. The molecule has 2 atom stereocenters. The van der Waals surface area contributed by atoms with Crippen LogP contribution in [0.4, 0.5) is 0 Å². The molecule has 18 heavy (non-hydrogen) atoms. The number of carbonyl (C=O) groups excluding carboxylic acids is 1. The minimum absolute atomic E-state index is 0. The summed E-state index contributed by atoms with van der Waals surface area (Å²) in [5, 5.41) is 3.10. The first-order chi connectivity index (χ1) is 7.83. The van der Waals surface area contributed by atoms with Gasteiger partial charge in [0.15, 0.2) is 0 Å². The molecule has 0 aliphatic carbocycles. The maximum Gasteiger partial charge on any atom is 0.220 e. The van der Waals surface area contributed by atoms with Gasteiger partial charge in [-0.2, -0.15) is 0 Å². The number of carbonyl (C=O) groups is 1. The zero-order valence-electron chi connectivity index (χ0n) is 12.6. The molecular weight excluding hydrogens is 248 g/mol. The van der Waals surface area contributed by atoms with Gasteiger partial charge in [-0.15, -0.1) is 12.4 Å². The lowest BCUT2D eigenvalue weighted by atomic mass is 9.90. The lowest BCUT2D eigenvalue weighted by Crippen LogP contribution is -2.52. The first-order valence-corrected chi connectivity index (χ1v) is 6.84. The van der Waals surface area contributed by atoms with Gasteiger partial charge in [-0.25, -0.2) is 0 Å². The largest absolute Gasteiger partial charge is 0.350 e. The summed E-state index contributed by atoms with van der Waals surface area (Å²) in [5.74, 6) is 1.14. The van der Waals surface area contributed by atoms with E-state index in [1.807, 2.05) is 6.92 Å². The highest BCUT2D eigenvalue weighted by Gasteiger charge is 2.26. The van der Waals surface area contributed by atoms with E-state index < -0.39 is 0 Å². The first-order valence-electron chi connectivity index (χ1n) is 6.84. The van der Waals surface area contributed by atoms with Gasteiger partial charge < -0.3 is 11.1 Å². The number of halogens is 1. The van der Waals surface area contributed by atoms with Crippen molar-refractivity contribution in [1.29, 1.82) is 0 Å². The minimum atomic E-state index is -0.253. The molecule has 0 aliphatic heterocycles. The fourth-order valence-corrected chi connectivity index (χ4v) is 2.39. The molecule has 2 unspecified atom stereocenters. The fraction of sp³-hybridized carbons (Fsp3) is 0.929. The van der Waals surface area contributed by atoms with E-state index in [4.69, 9.17) is 5.73 Å². The number of nitrogens with two attached hydrogens (primary N) is 1. The molecule has 0 radical (unpaired) electrons. The summed E-state index contributed by atoms with van der Waals surface area (Å²) in [6.45, 7) is 11.1. The van der Waals surface area contributed by atoms with Gasteiger partial charge in [0.1, 0.15) is 0 Å². The lowest BCUT2D eigenvalue weighted by molar-refractivity contribution is -0.123. The summed E-state index contributed by atoms with van der Waals surface area (Å²) in [6.07, 6.45) is 3.78. The monoisotopic (exact) mass is 278 g/mol. The molecule has 110 valence electrons. The molecule has 0 bridgehead atoms. The van der Waals surface area contributed by atoms with Gasteiger partial charge in [-0.1, -0.05) is 40.5 Å². The van der Waals surface area contributed by atoms with E-state index in [0.29, 0.717) is 24.8 Å². The molecule has 3 nitrogen and oxygen atoms in total. The molecular formula is C14H31ClN2O. The van der Waals surface area contributed by atoms with Crippen molar-refractivity contribution in [2.24, 2.45) is 17.6 Å². The highest BCUT2D eigenvalue weighted by molar-refractivity contribution is 5.85. The molecule has 1 amide bonds. The molecule has 0 aliphatic rings. The Bertz CT molecular complexity index is 234. The summed E-state index contributed by atoms with van der Waals surface area (Å²) in [7, 11) is 0. The van der Waals surface area contributed by atoms with Gasteiger partial charge in [0.05, 0.1) is 0 Å². The Kier molecular flexibility index (Phi) is 10.7. The Morgan fingerprint density at radius 1 is 1.33 bits per heavy atom. The van der Waals surface area contributed by atoms with E-state index in [9.17, 15) is 4.79 Å². The van der Waals surface area contributed by atoms with E-state index in [2.05, 4.69) is 33.0 Å². The van der Waals surface area contributed by atoms with Crippen LogP contribution in [-0.2, 0) is 4.79 Å². The summed E-state index contributed by atoms with van der Waals surface area (Å²) in [4.78, 5) is 11.9. The van der Waals surface area contributed by atoms with E-state index in [1.165, 1.54) is 0 Å². The van der Waals surface area contributed by atoms with Crippen molar-refractivity contribution in [3.05, 3.63) is 0 Å². The third kappa shape index (κ3) is 8.76. The molecule has 0 saturated heterocycles. The van der Waals surface area contributed by atoms with Crippen molar-refractivity contribution < 1.29 is 4.79 Å². The molecule has 0 saturated carbocycles. The van der Waals surface area contributed by atoms with Crippen molar-refractivity contribution in [3.63, 3.8) is 0 Å². The van der Waals surface area contributed by atoms with E-state index >= 15 is 0 Å². The number of nitrogens with one attached hydrogen (secondary N) is 1. The van der Waals surface area contributed by atoms with Gasteiger partial charge in [-0.05, 0) is 25.2 Å². The van der Waals surface area contributed by atoms with Crippen LogP contribution >= 0.6 is 12.4 Å². The molecule has 0 heterocycles. The SMILES string of the molecule is CCCC(C)CC(=O)NC(C)(CN)CC(C)C.Cl. The highest BCUT2D eigenvalue weighted by atomic mass is 35.5. The van der Waals surface area contributed by atoms with Crippen LogP contribution < -0.4 is 11.1 Å². The minimum Gasteiger partial charge on any atom is -0.350 e. The van der Waals surface area contributed by atoms with Crippen LogP contribution in [0.5, 0.6) is 0 Å². The maximum atomic E-state index is 11.9. The Balaban J connectivity index is 0. The van der Waals surface area contributed by atoms with Crippen LogP contribution in [0.25, 0.3) is 0 Å². The van der Waals surface area contributed by atoms with E-state index in [0.717, 1.165) is 19.3 Å². The number of amides is 1. The van der Waals surface area contributed by atoms with E-state index in [1.54, 1.807) is 0 Å². The molecule has 0 spiro atoms. The molecule has 3 N–H and O–H groups in total. The zero-order valence-corrected chi connectivity index (χ0v) is 13.4. The van der Waals surface area contributed by atoms with Crippen LogP contribution in [0.15, 0.2) is 0 Å². The molecule has 0 rings (SSSR count). The summed E-state index contributed by atoms with van der Waals surface area (Å²) in [5.41, 5.74) is 5.53. The molecule has 0 aromatic carbocycles. The molecule has 0 aromatic heterocycles. The Hall–Kier alpha value is -0.280. The fourth-order valence-electron chi connectivity index (χ4n) is 2.39. The highest BCUT2D eigenvalue weighted by Crippen LogP contribution is 2.17. The topological polar surface area (TPSA) is 55.1 Å². The molecule has 4 heteroatoms. The third-order valence-corrected chi connectivity index (χ3v) is 3.07. The molecule has 0 aromatic rings. The van der Waals surface area contributed by atoms with Crippen molar-refractivity contribution in [2.75, 3.05) is 6.54 Å². The Labute approximate surface area is 119 Å². The van der Waals surface area contributed by atoms with Crippen molar-refractivity contribution in [3.8, 4) is 0 Å². The Morgan fingerprint density at radius 2 is 1.89 bits per heavy atom. The van der Waals surface area contributed by atoms with Crippen LogP contribution in [0.2, 0.25) is 0 Å². The zero-order chi connectivity index (χ0) is 13.5. The number of hydrogen-bond acceptors (Lipinski definition) is 2. The molecule has 0 fully saturated rings. The second kappa shape index (κ2) is 9.62. The average Bonchev–Trinajstić information content (AvgIpc) is 2.15. The second-order valence-electron chi connectivity index (χ2n) is 6.01. The lowest BCUT2D eigenvalue weighted by Gasteiger charge is -2.31. The standard InChI is InChI=1S/C14H30N2O.ClH/c1-6-7-12(4)8-13(17)16-14(5,10-15)9-11(2)3;/h11-12H,6-10,15H2,1-5H3,(H,16,17);1H. The summed E-state index contributed by atoms with van der Waals surface area (Å²) < 4.78 is 0. The average molecular weight is 279 g/mol. The van der Waals surface area contributed by atoms with Gasteiger partial charge in [0.25, 0.3) is 0 Å². The van der Waals surface area contributed by atoms with Crippen molar-refractivity contribution in [2.45, 2.75) is 65.8 Å². The van der Waals surface area contributed by atoms with Gasteiger partial charge in [0, 0.05) is 18.5 Å². The maximum absolute atomic E-state index is 11.9. The number of rotatable bonds is 8. The van der Waals surface area contributed by atoms with Gasteiger partial charge >= 0.3 is 0 Å². The first kappa shape index (κ1) is 20.0. The number of hydrogen-bond donors (Lipinski definition) is 2. The van der Waals surface area contributed by atoms with Crippen molar-refractivity contribution >= 4 is 18.3 Å². The second-order valence-corrected chi connectivity index (χ2v) is 6.01. The smallest absolute Gasteiger partial charge is 0.220 e. The van der Waals surface area contributed by atoms with Crippen LogP contribution in [0.1, 0.15) is 60.3 Å². The predicted octanol–water partition coefficient (Wildman–Crippen LogP) is 3.11. The van der Waals surface area contributed by atoms with Gasteiger partial charge in [-0.3, -0.25) is 4.79 Å². The third-order valence-electron chi connectivity index (χ3n) is 3.07. The Morgan fingerprint density at radius 3 is 2.28 bits per heavy atom. The normalized spacial score (nSPS) is 15.7. The van der Waals surface area contributed by atoms with Crippen LogP contribution in [0, 0.1) is 11.8 Å². The van der Waals surface area contributed by atoms with Crippen LogP contribution in [-0.4, -0.2) is 18.0 Å².